The summed E-state index contributed by atoms with van der Waals surface area (Å²) < 4.78 is 1.66. The first-order chi connectivity index (χ1) is 9.08. The molecule has 0 bridgehead atoms. The van der Waals surface area contributed by atoms with Gasteiger partial charge in [0.1, 0.15) is 0 Å². The summed E-state index contributed by atoms with van der Waals surface area (Å²) in [6.07, 6.45) is 3.50. The summed E-state index contributed by atoms with van der Waals surface area (Å²) in [6, 6.07) is -0.288. The van der Waals surface area contributed by atoms with Crippen LogP contribution in [-0.4, -0.2) is 57.6 Å². The van der Waals surface area contributed by atoms with Crippen LogP contribution in [0.1, 0.15) is 18.5 Å². The van der Waals surface area contributed by atoms with Crippen molar-refractivity contribution in [2.75, 3.05) is 26.2 Å². The van der Waals surface area contributed by atoms with Crippen LogP contribution in [0.15, 0.2) is 12.4 Å². The Labute approximate surface area is 111 Å². The molecule has 2 N–H and O–H groups in total. The zero-order valence-corrected chi connectivity index (χ0v) is 11.2. The maximum Gasteiger partial charge on any atom is 0.312 e. The highest BCUT2D eigenvalue weighted by Gasteiger charge is 2.36. The molecule has 1 fully saturated rings. The van der Waals surface area contributed by atoms with Gasteiger partial charge in [-0.15, -0.1) is 0 Å². The molecule has 1 atom stereocenters. The number of nitrogens with two attached hydrogens (primary N) is 1. The van der Waals surface area contributed by atoms with E-state index in [-0.39, 0.29) is 12.6 Å². The van der Waals surface area contributed by atoms with Crippen LogP contribution in [0.3, 0.4) is 0 Å². The summed E-state index contributed by atoms with van der Waals surface area (Å²) in [7, 11) is 1.80. The Hall–Kier alpha value is -1.89. The highest BCUT2D eigenvalue weighted by atomic mass is 16.2. The van der Waals surface area contributed by atoms with Gasteiger partial charge in [-0.25, -0.2) is 0 Å². The third-order valence-corrected chi connectivity index (χ3v) is 3.43. The second-order valence-corrected chi connectivity index (χ2v) is 4.58. The molecule has 1 aliphatic heterocycles. The number of nitrogens with zero attached hydrogens (tertiary/aromatic N) is 4. The molecule has 104 valence electrons. The summed E-state index contributed by atoms with van der Waals surface area (Å²) >= 11 is 0. The molecule has 7 heteroatoms. The number of amides is 2. The summed E-state index contributed by atoms with van der Waals surface area (Å²) in [5, 5.41) is 4.08. The van der Waals surface area contributed by atoms with Crippen LogP contribution >= 0.6 is 0 Å². The van der Waals surface area contributed by atoms with Gasteiger partial charge in [0.15, 0.2) is 0 Å². The molecule has 19 heavy (non-hydrogen) atoms. The van der Waals surface area contributed by atoms with Crippen LogP contribution < -0.4 is 5.73 Å². The fourth-order valence-electron chi connectivity index (χ4n) is 2.34. The summed E-state index contributed by atoms with van der Waals surface area (Å²) in [4.78, 5) is 27.1. The Morgan fingerprint density at radius 3 is 2.63 bits per heavy atom. The molecule has 0 spiro atoms. The first-order valence-corrected chi connectivity index (χ1v) is 6.37. The van der Waals surface area contributed by atoms with E-state index >= 15 is 0 Å². The molecule has 1 aromatic heterocycles. The second kappa shape index (κ2) is 5.40. The van der Waals surface area contributed by atoms with Gasteiger partial charge in [-0.05, 0) is 6.92 Å². The van der Waals surface area contributed by atoms with Crippen molar-refractivity contribution in [1.29, 1.82) is 0 Å². The maximum absolute atomic E-state index is 12.1. The van der Waals surface area contributed by atoms with E-state index in [1.54, 1.807) is 27.7 Å². The zero-order chi connectivity index (χ0) is 14.0. The lowest BCUT2D eigenvalue weighted by Gasteiger charge is -2.37. The second-order valence-electron chi connectivity index (χ2n) is 4.58. The van der Waals surface area contributed by atoms with Crippen molar-refractivity contribution in [3.63, 3.8) is 0 Å². The number of carbonyl (C=O) groups is 2. The van der Waals surface area contributed by atoms with Gasteiger partial charge in [-0.3, -0.25) is 14.3 Å². The molecule has 0 radical (unpaired) electrons. The van der Waals surface area contributed by atoms with E-state index < -0.39 is 11.8 Å². The smallest absolute Gasteiger partial charge is 0.312 e. The third-order valence-electron chi connectivity index (χ3n) is 3.43. The Morgan fingerprint density at radius 2 is 2.11 bits per heavy atom. The minimum absolute atomic E-state index is 0.275. The molecule has 1 unspecified atom stereocenters. The normalized spacial score (nSPS) is 18.1. The Morgan fingerprint density at radius 1 is 1.37 bits per heavy atom. The fourth-order valence-corrected chi connectivity index (χ4v) is 2.34. The Balaban J connectivity index is 2.20. The molecule has 0 aromatic carbocycles. The maximum atomic E-state index is 12.1. The average molecular weight is 265 g/mol. The summed E-state index contributed by atoms with van der Waals surface area (Å²) in [6.45, 7) is 3.75. The monoisotopic (exact) mass is 265 g/mol. The Kier molecular flexibility index (Phi) is 3.84. The lowest BCUT2D eigenvalue weighted by atomic mass is 10.1. The standard InChI is InChI=1S/C12H19N5O2/c1-3-16-4-5-17(12(19)11(16)18)10(6-13)9-7-14-15(2)8-9/h7-8,10H,3-6,13H2,1-2H3. The van der Waals surface area contributed by atoms with E-state index in [2.05, 4.69) is 5.10 Å². The van der Waals surface area contributed by atoms with Gasteiger partial charge in [0, 0.05) is 45.0 Å². The molecule has 1 saturated heterocycles. The minimum Gasteiger partial charge on any atom is -0.333 e. The van der Waals surface area contributed by atoms with Crippen molar-refractivity contribution >= 4 is 11.8 Å². The van der Waals surface area contributed by atoms with E-state index in [1.165, 1.54) is 0 Å². The van der Waals surface area contributed by atoms with Crippen LogP contribution in [0.25, 0.3) is 0 Å². The number of hydrogen-bond acceptors (Lipinski definition) is 4. The molecule has 2 rings (SSSR count). The molecule has 0 aliphatic carbocycles. The van der Waals surface area contributed by atoms with E-state index in [9.17, 15) is 9.59 Å². The third kappa shape index (κ3) is 2.46. The zero-order valence-electron chi connectivity index (χ0n) is 11.2. The van der Waals surface area contributed by atoms with Crippen molar-refractivity contribution < 1.29 is 9.59 Å². The quantitative estimate of drug-likeness (QED) is 0.716. The molecule has 1 aromatic rings. The lowest BCUT2D eigenvalue weighted by molar-refractivity contribution is -0.157. The van der Waals surface area contributed by atoms with Crippen molar-refractivity contribution in [1.82, 2.24) is 19.6 Å². The molecule has 1 aliphatic rings. The average Bonchev–Trinajstić information content (AvgIpc) is 2.82. The van der Waals surface area contributed by atoms with Gasteiger partial charge in [-0.2, -0.15) is 5.10 Å². The molecular formula is C12H19N5O2. The SMILES string of the molecule is CCN1CCN(C(CN)c2cnn(C)c2)C(=O)C1=O. The van der Waals surface area contributed by atoms with Crippen molar-refractivity contribution in [2.45, 2.75) is 13.0 Å². The van der Waals surface area contributed by atoms with Crippen LogP contribution in [0.2, 0.25) is 0 Å². The van der Waals surface area contributed by atoms with Crippen molar-refractivity contribution in [2.24, 2.45) is 12.8 Å². The number of likely N-dealkylation sites (N-methyl/N-ethyl adjacent to an activating group) is 1. The molecular weight excluding hydrogens is 246 g/mol. The minimum atomic E-state index is -0.479. The van der Waals surface area contributed by atoms with E-state index in [0.717, 1.165) is 5.56 Å². The molecule has 2 amide bonds. The molecule has 7 nitrogen and oxygen atoms in total. The molecule has 0 saturated carbocycles. The topological polar surface area (TPSA) is 84.5 Å². The van der Waals surface area contributed by atoms with E-state index in [0.29, 0.717) is 19.6 Å². The number of aromatic nitrogens is 2. The predicted octanol–water partition coefficient (Wildman–Crippen LogP) is -0.889. The van der Waals surface area contributed by atoms with Gasteiger partial charge in [0.25, 0.3) is 0 Å². The number of piperazine rings is 1. The van der Waals surface area contributed by atoms with E-state index in [4.69, 9.17) is 5.73 Å². The summed E-state index contributed by atoms with van der Waals surface area (Å²) in [5.74, 6) is -0.927. The lowest BCUT2D eigenvalue weighted by Crippen LogP contribution is -2.55. The van der Waals surface area contributed by atoms with Gasteiger partial charge in [0.05, 0.1) is 12.2 Å². The van der Waals surface area contributed by atoms with Crippen LogP contribution in [-0.2, 0) is 16.6 Å². The van der Waals surface area contributed by atoms with Crippen LogP contribution in [0, 0.1) is 0 Å². The number of carbonyl (C=O) groups excluding carboxylic acids is 2. The number of aryl methyl sites for hydroxylation is 1. The van der Waals surface area contributed by atoms with Gasteiger partial charge in [-0.1, -0.05) is 0 Å². The van der Waals surface area contributed by atoms with E-state index in [1.807, 2.05) is 13.1 Å². The molecule has 2 heterocycles. The largest absolute Gasteiger partial charge is 0.333 e. The van der Waals surface area contributed by atoms with Crippen molar-refractivity contribution in [3.8, 4) is 0 Å². The van der Waals surface area contributed by atoms with Crippen LogP contribution in [0.4, 0.5) is 0 Å². The number of hydrogen-bond donors (Lipinski definition) is 1. The van der Waals surface area contributed by atoms with Gasteiger partial charge < -0.3 is 15.5 Å². The van der Waals surface area contributed by atoms with Gasteiger partial charge >= 0.3 is 11.8 Å². The van der Waals surface area contributed by atoms with Gasteiger partial charge in [0.2, 0.25) is 0 Å². The predicted molar refractivity (Wildman–Crippen MR) is 69.0 cm³/mol. The first-order valence-electron chi connectivity index (χ1n) is 6.37. The number of rotatable bonds is 4. The highest BCUT2D eigenvalue weighted by molar-refractivity contribution is 6.35. The van der Waals surface area contributed by atoms with Crippen LogP contribution in [0.5, 0.6) is 0 Å². The summed E-state index contributed by atoms with van der Waals surface area (Å²) in [5.41, 5.74) is 6.62. The first kappa shape index (κ1) is 13.5. The van der Waals surface area contributed by atoms with Crippen molar-refractivity contribution in [3.05, 3.63) is 18.0 Å². The highest BCUT2D eigenvalue weighted by Crippen LogP contribution is 2.21. The Bertz CT molecular complexity index is 484. The fraction of sp³-hybridized carbons (Fsp3) is 0.583.